The van der Waals surface area contributed by atoms with Crippen LogP contribution in [0.25, 0.3) is 5.69 Å². The lowest BCUT2D eigenvalue weighted by molar-refractivity contribution is -0.122. The number of ether oxygens (including phenoxy) is 1. The lowest BCUT2D eigenvalue weighted by Crippen LogP contribution is -2.29. The standard InChI is InChI=1S/C27H29N5O4/c1-2-36-27(35)23-17-28-32(22-8-4-3-5-9-22)25(23)29-26(34)19-16-24(33)31(18-19)21-12-10-20(11-13-21)30-14-6-7-15-30/h3-5,8-13,17,19H,2,6-7,14-16,18H2,1H3,(H,29,34). The maximum absolute atomic E-state index is 13.3. The van der Waals surface area contributed by atoms with E-state index in [1.807, 2.05) is 54.6 Å². The topological polar surface area (TPSA) is 96.8 Å². The van der Waals surface area contributed by atoms with Crippen molar-refractivity contribution in [3.05, 3.63) is 66.4 Å². The number of hydrogen-bond donors (Lipinski definition) is 1. The number of para-hydroxylation sites is 1. The van der Waals surface area contributed by atoms with Gasteiger partial charge in [0.1, 0.15) is 5.56 Å². The second-order valence-electron chi connectivity index (χ2n) is 8.98. The zero-order chi connectivity index (χ0) is 25.1. The monoisotopic (exact) mass is 487 g/mol. The van der Waals surface area contributed by atoms with Crippen molar-refractivity contribution < 1.29 is 19.1 Å². The molecule has 0 bridgehead atoms. The molecule has 0 spiro atoms. The molecular weight excluding hydrogens is 458 g/mol. The van der Waals surface area contributed by atoms with Crippen molar-refractivity contribution in [2.75, 3.05) is 41.4 Å². The summed E-state index contributed by atoms with van der Waals surface area (Å²) < 4.78 is 6.65. The SMILES string of the molecule is CCOC(=O)c1cnn(-c2ccccc2)c1NC(=O)C1CC(=O)N(c2ccc(N3CCCC3)cc2)C1. The number of nitrogens with zero attached hydrogens (tertiary/aromatic N) is 4. The zero-order valence-electron chi connectivity index (χ0n) is 20.2. The summed E-state index contributed by atoms with van der Waals surface area (Å²) in [6.45, 7) is 4.29. The molecule has 5 rings (SSSR count). The third-order valence-corrected chi connectivity index (χ3v) is 6.64. The molecule has 0 saturated carbocycles. The fraction of sp³-hybridized carbons (Fsp3) is 0.333. The first-order chi connectivity index (χ1) is 17.5. The summed E-state index contributed by atoms with van der Waals surface area (Å²) in [7, 11) is 0. The Morgan fingerprint density at radius 2 is 1.69 bits per heavy atom. The van der Waals surface area contributed by atoms with Gasteiger partial charge in [-0.3, -0.25) is 9.59 Å². The Balaban J connectivity index is 1.33. The summed E-state index contributed by atoms with van der Waals surface area (Å²) in [6.07, 6.45) is 3.87. The minimum absolute atomic E-state index is 0.0912. The Morgan fingerprint density at radius 1 is 1.00 bits per heavy atom. The minimum atomic E-state index is -0.572. The highest BCUT2D eigenvalue weighted by Crippen LogP contribution is 2.30. The van der Waals surface area contributed by atoms with E-state index in [4.69, 9.17) is 4.74 Å². The van der Waals surface area contributed by atoms with E-state index >= 15 is 0 Å². The highest BCUT2D eigenvalue weighted by atomic mass is 16.5. The van der Waals surface area contributed by atoms with E-state index in [0.717, 1.165) is 24.5 Å². The smallest absolute Gasteiger partial charge is 0.343 e. The van der Waals surface area contributed by atoms with Gasteiger partial charge in [-0.15, -0.1) is 0 Å². The molecule has 186 valence electrons. The van der Waals surface area contributed by atoms with Crippen LogP contribution in [-0.4, -0.2) is 53.8 Å². The average molecular weight is 488 g/mol. The number of carbonyl (C=O) groups excluding carboxylic acids is 3. The maximum Gasteiger partial charge on any atom is 0.343 e. The predicted molar refractivity (Wildman–Crippen MR) is 136 cm³/mol. The summed E-state index contributed by atoms with van der Waals surface area (Å²) in [4.78, 5) is 42.6. The molecule has 2 aromatic carbocycles. The molecule has 2 saturated heterocycles. The van der Waals surface area contributed by atoms with E-state index in [1.165, 1.54) is 23.7 Å². The third kappa shape index (κ3) is 4.68. The number of carbonyl (C=O) groups is 3. The lowest BCUT2D eigenvalue weighted by Gasteiger charge is -2.21. The summed E-state index contributed by atoms with van der Waals surface area (Å²) in [5.41, 5.74) is 2.77. The first kappa shape index (κ1) is 23.6. The number of esters is 1. The van der Waals surface area contributed by atoms with Gasteiger partial charge in [-0.1, -0.05) is 18.2 Å². The van der Waals surface area contributed by atoms with Crippen LogP contribution >= 0.6 is 0 Å². The van der Waals surface area contributed by atoms with Crippen molar-refractivity contribution in [3.8, 4) is 5.69 Å². The number of rotatable bonds is 7. The number of anilines is 3. The number of benzene rings is 2. The van der Waals surface area contributed by atoms with Gasteiger partial charge in [-0.2, -0.15) is 5.10 Å². The van der Waals surface area contributed by atoms with E-state index in [9.17, 15) is 14.4 Å². The molecule has 36 heavy (non-hydrogen) atoms. The van der Waals surface area contributed by atoms with E-state index in [1.54, 1.807) is 11.8 Å². The summed E-state index contributed by atoms with van der Waals surface area (Å²) in [5, 5.41) is 7.16. The zero-order valence-corrected chi connectivity index (χ0v) is 20.2. The first-order valence-electron chi connectivity index (χ1n) is 12.3. The number of amides is 2. The van der Waals surface area contributed by atoms with E-state index < -0.39 is 11.9 Å². The molecule has 9 nitrogen and oxygen atoms in total. The Bertz CT molecular complexity index is 1250. The van der Waals surface area contributed by atoms with Crippen molar-refractivity contribution in [1.29, 1.82) is 0 Å². The highest BCUT2D eigenvalue weighted by Gasteiger charge is 2.36. The molecule has 2 aliphatic rings. The van der Waals surface area contributed by atoms with Crippen molar-refractivity contribution >= 4 is 35.0 Å². The van der Waals surface area contributed by atoms with Gasteiger partial charge in [-0.05, 0) is 56.2 Å². The van der Waals surface area contributed by atoms with Gasteiger partial charge in [0.2, 0.25) is 11.8 Å². The summed E-state index contributed by atoms with van der Waals surface area (Å²) in [5.74, 6) is -1.36. The second kappa shape index (κ2) is 10.2. The Hall–Kier alpha value is -4.14. The molecular formula is C27H29N5O4. The molecule has 3 aromatic rings. The van der Waals surface area contributed by atoms with Gasteiger partial charge >= 0.3 is 5.97 Å². The Morgan fingerprint density at radius 3 is 2.39 bits per heavy atom. The van der Waals surface area contributed by atoms with Gasteiger partial charge in [0, 0.05) is 37.4 Å². The van der Waals surface area contributed by atoms with Crippen LogP contribution in [0.2, 0.25) is 0 Å². The molecule has 1 aromatic heterocycles. The molecule has 0 aliphatic carbocycles. The molecule has 2 fully saturated rings. The molecule has 1 N–H and O–H groups in total. The molecule has 2 aliphatic heterocycles. The number of aromatic nitrogens is 2. The Labute approximate surface area is 209 Å². The van der Waals surface area contributed by atoms with Crippen LogP contribution in [0.4, 0.5) is 17.2 Å². The highest BCUT2D eigenvalue weighted by molar-refractivity contribution is 6.05. The fourth-order valence-electron chi connectivity index (χ4n) is 4.76. The molecule has 1 atom stereocenters. The molecule has 2 amide bonds. The molecule has 9 heteroatoms. The van der Waals surface area contributed by atoms with Crippen LogP contribution in [0.3, 0.4) is 0 Å². The van der Waals surface area contributed by atoms with E-state index in [2.05, 4.69) is 15.3 Å². The van der Waals surface area contributed by atoms with Crippen LogP contribution in [0.1, 0.15) is 36.5 Å². The normalized spacial score (nSPS) is 17.5. The van der Waals surface area contributed by atoms with Gasteiger partial charge in [0.15, 0.2) is 5.82 Å². The van der Waals surface area contributed by atoms with Crippen molar-refractivity contribution in [1.82, 2.24) is 9.78 Å². The lowest BCUT2D eigenvalue weighted by atomic mass is 10.1. The van der Waals surface area contributed by atoms with Crippen LogP contribution < -0.4 is 15.1 Å². The first-order valence-corrected chi connectivity index (χ1v) is 12.3. The predicted octanol–water partition coefficient (Wildman–Crippen LogP) is 3.64. The quantitative estimate of drug-likeness (QED) is 0.511. The molecule has 1 unspecified atom stereocenters. The second-order valence-corrected chi connectivity index (χ2v) is 8.98. The average Bonchev–Trinajstić information content (AvgIpc) is 3.65. The van der Waals surface area contributed by atoms with Crippen LogP contribution in [0.15, 0.2) is 60.8 Å². The van der Waals surface area contributed by atoms with E-state index in [-0.39, 0.29) is 42.8 Å². The number of hydrogen-bond acceptors (Lipinski definition) is 6. The Kier molecular flexibility index (Phi) is 6.71. The maximum atomic E-state index is 13.3. The largest absolute Gasteiger partial charge is 0.462 e. The molecule has 3 heterocycles. The van der Waals surface area contributed by atoms with Gasteiger partial charge in [0.25, 0.3) is 0 Å². The van der Waals surface area contributed by atoms with Gasteiger partial charge in [0.05, 0.1) is 24.4 Å². The third-order valence-electron chi connectivity index (χ3n) is 6.64. The number of nitrogens with one attached hydrogen (secondary N) is 1. The fourth-order valence-corrected chi connectivity index (χ4v) is 4.76. The van der Waals surface area contributed by atoms with Crippen LogP contribution in [0.5, 0.6) is 0 Å². The molecule has 0 radical (unpaired) electrons. The van der Waals surface area contributed by atoms with Gasteiger partial charge < -0.3 is 19.9 Å². The van der Waals surface area contributed by atoms with Crippen LogP contribution in [0, 0.1) is 5.92 Å². The van der Waals surface area contributed by atoms with Gasteiger partial charge in [-0.25, -0.2) is 9.48 Å². The van der Waals surface area contributed by atoms with Crippen molar-refractivity contribution in [3.63, 3.8) is 0 Å². The van der Waals surface area contributed by atoms with Crippen molar-refractivity contribution in [2.45, 2.75) is 26.2 Å². The minimum Gasteiger partial charge on any atom is -0.462 e. The summed E-state index contributed by atoms with van der Waals surface area (Å²) in [6, 6.07) is 17.1. The van der Waals surface area contributed by atoms with Crippen molar-refractivity contribution in [2.24, 2.45) is 5.92 Å². The van der Waals surface area contributed by atoms with E-state index in [0.29, 0.717) is 5.69 Å². The van der Waals surface area contributed by atoms with Crippen LogP contribution in [-0.2, 0) is 14.3 Å². The summed E-state index contributed by atoms with van der Waals surface area (Å²) >= 11 is 0.